The molecule has 1 N–H and O–H groups in total. The van der Waals surface area contributed by atoms with Crippen molar-refractivity contribution in [3.8, 4) is 0 Å². The van der Waals surface area contributed by atoms with Gasteiger partial charge in [0.25, 0.3) is 0 Å². The number of hydrogen-bond donors (Lipinski definition) is 1. The van der Waals surface area contributed by atoms with Crippen LogP contribution in [0.3, 0.4) is 0 Å². The maximum absolute atomic E-state index is 9.84. The Labute approximate surface area is 86.0 Å². The first kappa shape index (κ1) is 10.8. The second-order valence-corrected chi connectivity index (χ2v) is 7.88. The van der Waals surface area contributed by atoms with E-state index in [0.29, 0.717) is 0 Å². The second-order valence-electron chi connectivity index (χ2n) is 3.55. The number of hydrogen-bond acceptors (Lipinski definition) is 1. The molecular weight excluding hydrogens is 264 g/mol. The summed E-state index contributed by atoms with van der Waals surface area (Å²) in [5, 5.41) is 9.84. The minimum absolute atomic E-state index is 0.0626. The van der Waals surface area contributed by atoms with Crippen LogP contribution in [0.1, 0.15) is 45.4 Å². The third-order valence-corrected chi connectivity index (χ3v) is 6.29. The van der Waals surface area contributed by atoms with Crippen LogP contribution in [0.4, 0.5) is 0 Å². The third kappa shape index (κ3) is 3.64. The summed E-state index contributed by atoms with van der Waals surface area (Å²) >= 11 is 0.117. The van der Waals surface area contributed by atoms with Gasteiger partial charge in [-0.1, -0.05) is 0 Å². The van der Waals surface area contributed by atoms with E-state index in [4.69, 9.17) is 0 Å². The van der Waals surface area contributed by atoms with Crippen molar-refractivity contribution in [2.75, 3.05) is 0 Å². The van der Waals surface area contributed by atoms with Gasteiger partial charge < -0.3 is 0 Å². The van der Waals surface area contributed by atoms with Gasteiger partial charge >= 0.3 is 86.0 Å². The molecule has 2 atom stereocenters. The number of rotatable bonds is 2. The summed E-state index contributed by atoms with van der Waals surface area (Å²) in [7, 11) is 0. The standard InChI is InChI=1S/C10H20OTe/c1-2-12-10-8-6-4-3-5-7-9(10)11/h9-11H,2-8H2,1H3. The molecule has 0 aliphatic heterocycles. The van der Waals surface area contributed by atoms with Gasteiger partial charge in [-0.25, -0.2) is 0 Å². The van der Waals surface area contributed by atoms with Crippen molar-refractivity contribution in [3.63, 3.8) is 0 Å². The zero-order valence-electron chi connectivity index (χ0n) is 7.96. The molecule has 0 bridgehead atoms. The van der Waals surface area contributed by atoms with E-state index in [1.54, 1.807) is 0 Å². The fraction of sp³-hybridized carbons (Fsp3) is 1.00. The van der Waals surface area contributed by atoms with Gasteiger partial charge in [-0.05, 0) is 0 Å². The van der Waals surface area contributed by atoms with E-state index in [1.807, 2.05) is 0 Å². The average molecular weight is 284 g/mol. The molecule has 0 aromatic carbocycles. The molecule has 0 radical (unpaired) electrons. The molecule has 0 heterocycles. The van der Waals surface area contributed by atoms with Crippen LogP contribution >= 0.6 is 0 Å². The maximum atomic E-state index is 9.84. The Bertz CT molecular complexity index is 116. The van der Waals surface area contributed by atoms with Crippen molar-refractivity contribution in [2.45, 2.75) is 60.0 Å². The fourth-order valence-electron chi connectivity index (χ4n) is 1.84. The molecule has 1 rings (SSSR count). The molecule has 1 aliphatic carbocycles. The first-order valence-electron chi connectivity index (χ1n) is 5.14. The Morgan fingerprint density at radius 1 is 1.17 bits per heavy atom. The molecule has 1 nitrogen and oxygen atoms in total. The van der Waals surface area contributed by atoms with E-state index in [9.17, 15) is 5.11 Å². The Morgan fingerprint density at radius 2 is 1.83 bits per heavy atom. The third-order valence-electron chi connectivity index (χ3n) is 2.55. The van der Waals surface area contributed by atoms with E-state index >= 15 is 0 Å². The van der Waals surface area contributed by atoms with E-state index in [0.717, 1.165) is 10.4 Å². The summed E-state index contributed by atoms with van der Waals surface area (Å²) in [5.74, 6) is 0. The topological polar surface area (TPSA) is 20.2 Å². The first-order valence-corrected chi connectivity index (χ1v) is 8.13. The molecule has 12 heavy (non-hydrogen) atoms. The summed E-state index contributed by atoms with van der Waals surface area (Å²) in [6.45, 7) is 2.27. The van der Waals surface area contributed by atoms with Crippen molar-refractivity contribution >= 4 is 20.9 Å². The molecular formula is C10H20OTe. The fourth-order valence-corrected chi connectivity index (χ4v) is 5.04. The van der Waals surface area contributed by atoms with Gasteiger partial charge in [-0.2, -0.15) is 0 Å². The Balaban J connectivity index is 2.32. The summed E-state index contributed by atoms with van der Waals surface area (Å²) < 4.78 is 2.09. The van der Waals surface area contributed by atoms with Gasteiger partial charge in [0.2, 0.25) is 0 Å². The SMILES string of the molecule is CC[Te]C1CCCCCCC1O. The number of aliphatic hydroxyl groups excluding tert-OH is 1. The van der Waals surface area contributed by atoms with Crippen LogP contribution < -0.4 is 0 Å². The predicted octanol–water partition coefficient (Wildman–Crippen LogP) is 2.63. The predicted molar refractivity (Wildman–Crippen MR) is 53.7 cm³/mol. The molecule has 0 amide bonds. The van der Waals surface area contributed by atoms with Crippen LogP contribution in [0.5, 0.6) is 0 Å². The molecule has 1 aliphatic rings. The minimum atomic E-state index is 0.0626. The van der Waals surface area contributed by atoms with Crippen molar-refractivity contribution in [1.82, 2.24) is 0 Å². The first-order chi connectivity index (χ1) is 5.84. The molecule has 0 saturated heterocycles. The van der Waals surface area contributed by atoms with Crippen LogP contribution in [0.2, 0.25) is 8.43 Å². The van der Waals surface area contributed by atoms with E-state index < -0.39 is 0 Å². The zero-order valence-corrected chi connectivity index (χ0v) is 10.3. The molecule has 0 aromatic rings. The molecule has 2 unspecified atom stereocenters. The van der Waals surface area contributed by atoms with Crippen LogP contribution in [-0.4, -0.2) is 32.1 Å². The summed E-state index contributed by atoms with van der Waals surface area (Å²) in [5.41, 5.74) is 0. The van der Waals surface area contributed by atoms with Crippen molar-refractivity contribution in [2.24, 2.45) is 0 Å². The Hall–Kier alpha value is 0.750. The van der Waals surface area contributed by atoms with E-state index in [2.05, 4.69) is 6.92 Å². The normalized spacial score (nSPS) is 32.5. The van der Waals surface area contributed by atoms with Gasteiger partial charge in [-0.15, -0.1) is 0 Å². The summed E-state index contributed by atoms with van der Waals surface area (Å²) in [6, 6.07) is 0. The van der Waals surface area contributed by atoms with Gasteiger partial charge in [0.05, 0.1) is 0 Å². The summed E-state index contributed by atoms with van der Waals surface area (Å²) in [4.78, 5) is 0. The van der Waals surface area contributed by atoms with Crippen LogP contribution in [0, 0.1) is 0 Å². The monoisotopic (exact) mass is 286 g/mol. The molecule has 2 heteroatoms. The van der Waals surface area contributed by atoms with Crippen molar-refractivity contribution in [1.29, 1.82) is 0 Å². The van der Waals surface area contributed by atoms with Gasteiger partial charge in [0.1, 0.15) is 0 Å². The molecule has 0 aromatic heterocycles. The van der Waals surface area contributed by atoms with Crippen molar-refractivity contribution < 1.29 is 5.11 Å². The van der Waals surface area contributed by atoms with E-state index in [-0.39, 0.29) is 27.0 Å². The second kappa shape index (κ2) is 6.24. The Morgan fingerprint density at radius 3 is 2.50 bits per heavy atom. The molecule has 0 spiro atoms. The molecule has 72 valence electrons. The number of aliphatic hydroxyl groups is 1. The van der Waals surface area contributed by atoms with Gasteiger partial charge in [0, 0.05) is 0 Å². The zero-order chi connectivity index (χ0) is 8.81. The molecule has 1 fully saturated rings. The average Bonchev–Trinajstić information content (AvgIpc) is 2.05. The Kier molecular flexibility index (Phi) is 5.63. The van der Waals surface area contributed by atoms with Gasteiger partial charge in [0.15, 0.2) is 0 Å². The van der Waals surface area contributed by atoms with Crippen LogP contribution in [-0.2, 0) is 0 Å². The molecule has 1 saturated carbocycles. The van der Waals surface area contributed by atoms with E-state index in [1.165, 1.54) is 36.6 Å². The van der Waals surface area contributed by atoms with Crippen LogP contribution in [0.25, 0.3) is 0 Å². The summed E-state index contributed by atoms with van der Waals surface area (Å²) in [6.07, 6.45) is 7.83. The van der Waals surface area contributed by atoms with Crippen LogP contribution in [0.15, 0.2) is 0 Å². The quantitative estimate of drug-likeness (QED) is 0.773. The van der Waals surface area contributed by atoms with Gasteiger partial charge in [-0.3, -0.25) is 0 Å². The van der Waals surface area contributed by atoms with Crippen molar-refractivity contribution in [3.05, 3.63) is 0 Å².